The summed E-state index contributed by atoms with van der Waals surface area (Å²) in [6.45, 7) is 7.51. The predicted octanol–water partition coefficient (Wildman–Crippen LogP) is -4.58. The van der Waals surface area contributed by atoms with Crippen molar-refractivity contribution < 1.29 is 83.7 Å². The number of benzene rings is 1. The molecule has 162 valence electrons. The SMILES string of the molecule is C.CC(C)CC(=O)NC(Cc1c[nH]c2ccccc12)C(=O)[O-].CC(C)CC(=O)[O-].[Na+].[Na+]. The predicted molar refractivity (Wildman–Crippen MR) is 110 cm³/mol. The summed E-state index contributed by atoms with van der Waals surface area (Å²) in [7, 11) is 0. The van der Waals surface area contributed by atoms with Gasteiger partial charge in [-0.1, -0.05) is 53.3 Å². The van der Waals surface area contributed by atoms with Crippen molar-refractivity contribution in [3.63, 3.8) is 0 Å². The van der Waals surface area contributed by atoms with E-state index in [0.717, 1.165) is 16.5 Å². The first-order valence-electron chi connectivity index (χ1n) is 9.35. The Labute approximate surface area is 229 Å². The van der Waals surface area contributed by atoms with Crippen molar-refractivity contribution >= 4 is 28.7 Å². The van der Waals surface area contributed by atoms with E-state index in [1.54, 1.807) is 6.20 Å². The molecule has 0 saturated carbocycles. The van der Waals surface area contributed by atoms with Crippen LogP contribution in [-0.2, 0) is 20.8 Å². The smallest absolute Gasteiger partial charge is 0.550 e. The zero-order valence-electron chi connectivity index (χ0n) is 18.8. The molecule has 1 aromatic carbocycles. The summed E-state index contributed by atoms with van der Waals surface area (Å²) in [5, 5.41) is 24.4. The molecule has 1 heterocycles. The van der Waals surface area contributed by atoms with E-state index >= 15 is 0 Å². The maximum absolute atomic E-state index is 11.8. The number of carboxylic acid groups (broad SMARTS) is 2. The maximum atomic E-state index is 11.8. The van der Waals surface area contributed by atoms with Crippen molar-refractivity contribution in [3.8, 4) is 0 Å². The topological polar surface area (TPSA) is 125 Å². The molecule has 1 amide bonds. The Bertz CT molecular complexity index is 806. The van der Waals surface area contributed by atoms with Gasteiger partial charge in [-0.2, -0.15) is 0 Å². The first kappa shape index (κ1) is 34.8. The van der Waals surface area contributed by atoms with E-state index < -0.39 is 18.0 Å². The zero-order valence-corrected chi connectivity index (χ0v) is 22.8. The molecule has 1 atom stereocenters. The van der Waals surface area contributed by atoms with E-state index in [-0.39, 0.29) is 97.1 Å². The van der Waals surface area contributed by atoms with Crippen molar-refractivity contribution in [3.05, 3.63) is 36.0 Å². The molecule has 0 aliphatic carbocycles. The number of aliphatic carboxylic acids is 2. The van der Waals surface area contributed by atoms with Gasteiger partial charge in [0.25, 0.3) is 0 Å². The van der Waals surface area contributed by atoms with Gasteiger partial charge in [0.05, 0.1) is 12.0 Å². The van der Waals surface area contributed by atoms with Crippen molar-refractivity contribution in [1.82, 2.24) is 10.3 Å². The van der Waals surface area contributed by atoms with Crippen molar-refractivity contribution in [2.24, 2.45) is 11.8 Å². The number of rotatable bonds is 8. The second-order valence-corrected chi connectivity index (χ2v) is 7.57. The Hall–Kier alpha value is -0.830. The number of fused-ring (bicyclic) bond motifs is 1. The monoisotopic (exact) mass is 450 g/mol. The largest absolute Gasteiger partial charge is 1.00 e. The van der Waals surface area contributed by atoms with Crippen molar-refractivity contribution in [2.75, 3.05) is 0 Å². The molecule has 31 heavy (non-hydrogen) atoms. The Morgan fingerprint density at radius 2 is 1.52 bits per heavy atom. The zero-order chi connectivity index (χ0) is 21.3. The number of nitrogens with one attached hydrogen (secondary N) is 2. The minimum Gasteiger partial charge on any atom is -0.550 e. The number of carbonyl (C=O) groups is 3. The molecule has 0 saturated heterocycles. The summed E-state index contributed by atoms with van der Waals surface area (Å²) in [5.41, 5.74) is 1.79. The summed E-state index contributed by atoms with van der Waals surface area (Å²) >= 11 is 0. The van der Waals surface area contributed by atoms with Crippen LogP contribution >= 0.6 is 0 Å². The number of carboxylic acids is 2. The number of hydrogen-bond donors (Lipinski definition) is 2. The number of H-pyrrole nitrogens is 1. The molecule has 2 aromatic rings. The van der Waals surface area contributed by atoms with Gasteiger partial charge < -0.3 is 30.1 Å². The molecule has 1 unspecified atom stereocenters. The molecule has 0 radical (unpaired) electrons. The third-order valence-corrected chi connectivity index (χ3v) is 3.89. The first-order valence-corrected chi connectivity index (χ1v) is 9.35. The van der Waals surface area contributed by atoms with Crippen LogP contribution in [0.15, 0.2) is 30.5 Å². The van der Waals surface area contributed by atoms with Crippen LogP contribution in [0.25, 0.3) is 10.9 Å². The van der Waals surface area contributed by atoms with Crippen molar-refractivity contribution in [2.45, 2.75) is 60.4 Å². The number of aromatic nitrogens is 1. The minimum atomic E-state index is -1.27. The van der Waals surface area contributed by atoms with Gasteiger partial charge in [-0.15, -0.1) is 0 Å². The van der Waals surface area contributed by atoms with E-state index in [0.29, 0.717) is 6.42 Å². The van der Waals surface area contributed by atoms with Gasteiger partial charge in [0, 0.05) is 35.9 Å². The van der Waals surface area contributed by atoms with Gasteiger partial charge >= 0.3 is 59.1 Å². The fraction of sp³-hybridized carbons (Fsp3) is 0.500. The normalized spacial score (nSPS) is 10.6. The number of aromatic amines is 1. The Kier molecular flexibility index (Phi) is 19.8. The van der Waals surface area contributed by atoms with E-state index in [1.807, 2.05) is 52.0 Å². The minimum absolute atomic E-state index is 0. The van der Waals surface area contributed by atoms with Gasteiger partial charge in [-0.05, 0) is 29.9 Å². The number of para-hydroxylation sites is 1. The van der Waals surface area contributed by atoms with E-state index in [1.165, 1.54) is 0 Å². The molecule has 7 nitrogen and oxygen atoms in total. The molecular formula is C22H32N2Na2O5. The third-order valence-electron chi connectivity index (χ3n) is 3.89. The van der Waals surface area contributed by atoms with Gasteiger partial charge in [0.15, 0.2) is 0 Å². The van der Waals surface area contributed by atoms with Crippen LogP contribution in [0.1, 0.15) is 53.5 Å². The molecule has 2 N–H and O–H groups in total. The average molecular weight is 450 g/mol. The quantitative estimate of drug-likeness (QED) is 0.392. The van der Waals surface area contributed by atoms with Crippen LogP contribution in [0.5, 0.6) is 0 Å². The van der Waals surface area contributed by atoms with Crippen LogP contribution in [0.3, 0.4) is 0 Å². The molecule has 0 spiro atoms. The molecule has 0 aliphatic heterocycles. The molecule has 0 fully saturated rings. The van der Waals surface area contributed by atoms with Gasteiger partial charge in [-0.3, -0.25) is 4.79 Å². The number of carbonyl (C=O) groups excluding carboxylic acids is 3. The van der Waals surface area contributed by atoms with Crippen LogP contribution in [0.2, 0.25) is 0 Å². The van der Waals surface area contributed by atoms with E-state index in [9.17, 15) is 24.6 Å². The second kappa shape index (κ2) is 17.7. The fourth-order valence-corrected chi connectivity index (χ4v) is 2.67. The molecule has 9 heteroatoms. The summed E-state index contributed by atoms with van der Waals surface area (Å²) in [6.07, 6.45) is 2.45. The van der Waals surface area contributed by atoms with Crippen molar-refractivity contribution in [1.29, 1.82) is 0 Å². The summed E-state index contributed by atoms with van der Waals surface area (Å²) < 4.78 is 0. The van der Waals surface area contributed by atoms with E-state index in [4.69, 9.17) is 0 Å². The average Bonchev–Trinajstić information content (AvgIpc) is 2.96. The molecular weight excluding hydrogens is 418 g/mol. The van der Waals surface area contributed by atoms with Crippen LogP contribution in [0.4, 0.5) is 0 Å². The Morgan fingerprint density at radius 1 is 0.968 bits per heavy atom. The molecule has 0 bridgehead atoms. The maximum Gasteiger partial charge on any atom is 1.00 e. The number of hydrogen-bond acceptors (Lipinski definition) is 5. The Morgan fingerprint density at radius 3 is 1.97 bits per heavy atom. The summed E-state index contributed by atoms with van der Waals surface area (Å²) in [5.74, 6) is -2.10. The van der Waals surface area contributed by atoms with Crippen LogP contribution in [-0.4, -0.2) is 28.9 Å². The molecule has 1 aromatic heterocycles. The summed E-state index contributed by atoms with van der Waals surface area (Å²) in [4.78, 5) is 35.8. The van der Waals surface area contributed by atoms with Gasteiger partial charge in [0.2, 0.25) is 5.91 Å². The fourth-order valence-electron chi connectivity index (χ4n) is 2.67. The molecule has 2 rings (SSSR count). The van der Waals surface area contributed by atoms with Gasteiger partial charge in [-0.25, -0.2) is 0 Å². The first-order chi connectivity index (χ1) is 13.1. The van der Waals surface area contributed by atoms with Crippen LogP contribution < -0.4 is 74.6 Å². The summed E-state index contributed by atoms with van der Waals surface area (Å²) in [6, 6.07) is 6.62. The van der Waals surface area contributed by atoms with Crippen LogP contribution in [0, 0.1) is 11.8 Å². The standard InChI is InChI=1S/C16H20N2O3.C5H10O2.CH4.2Na/c1-10(2)7-15(19)18-14(16(20)21)8-11-9-17-13-6-4-3-5-12(11)13;1-4(2)3-5(6)7;;;/h3-6,9-10,14,17H,7-8H2,1-2H3,(H,18,19)(H,20,21);4H,3H2,1-2H3,(H,6,7);1H4;;/q;;;2*+1/p-2. The van der Waals surface area contributed by atoms with E-state index in [2.05, 4.69) is 10.3 Å². The number of amides is 1. The molecule has 0 aliphatic rings. The van der Waals surface area contributed by atoms with Gasteiger partial charge in [0.1, 0.15) is 0 Å². The third kappa shape index (κ3) is 14.0. The second-order valence-electron chi connectivity index (χ2n) is 7.57. The Balaban J connectivity index is -0.000000686.